The van der Waals surface area contributed by atoms with E-state index in [2.05, 4.69) is 0 Å². The normalized spacial score (nSPS) is 33.6. The first-order chi connectivity index (χ1) is 12.2. The van der Waals surface area contributed by atoms with E-state index in [0.29, 0.717) is 6.61 Å². The number of hydrogen-bond donors (Lipinski definition) is 2. The minimum atomic E-state index is -0.578. The molecule has 1 saturated heterocycles. The first-order valence-corrected chi connectivity index (χ1v) is 9.58. The molecule has 2 N–H and O–H groups in total. The molecule has 0 unspecified atom stereocenters. The Balaban J connectivity index is 1.35. The molecule has 1 spiro atoms. The Morgan fingerprint density at radius 1 is 0.960 bits per heavy atom. The van der Waals surface area contributed by atoms with E-state index in [1.54, 1.807) is 0 Å². The van der Waals surface area contributed by atoms with Crippen LogP contribution in [0.4, 0.5) is 0 Å². The second kappa shape index (κ2) is 7.20. The molecule has 1 heterocycles. The van der Waals surface area contributed by atoms with Gasteiger partial charge < -0.3 is 19.7 Å². The zero-order valence-corrected chi connectivity index (χ0v) is 14.6. The molecule has 25 heavy (non-hydrogen) atoms. The quantitative estimate of drug-likeness (QED) is 0.823. The van der Waals surface area contributed by atoms with Crippen LogP contribution in [0.15, 0.2) is 42.5 Å². The fraction of sp³-hybridized carbons (Fsp3) is 0.619. The molecule has 1 aromatic carbocycles. The highest BCUT2D eigenvalue weighted by Crippen LogP contribution is 2.41. The van der Waals surface area contributed by atoms with Crippen molar-refractivity contribution in [2.75, 3.05) is 6.61 Å². The minimum Gasteiger partial charge on any atom is -0.390 e. The van der Waals surface area contributed by atoms with Gasteiger partial charge in [-0.3, -0.25) is 0 Å². The molecule has 1 saturated carbocycles. The number of ether oxygens (including phenoxy) is 2. The smallest absolute Gasteiger partial charge is 0.169 e. The standard InChI is InChI=1S/C21H28O4/c22-19(15-7-3-1-4-8-15)16-9-10-17(13-16)20(23)18-14-24-21(25-18)11-5-2-6-12-21/h1,3-4,7-10,16-20,22-23H,2,5-6,11-14H2/t16-,17-,18+,19+,20-/m0/s1. The van der Waals surface area contributed by atoms with Crippen molar-refractivity contribution < 1.29 is 19.7 Å². The van der Waals surface area contributed by atoms with E-state index in [4.69, 9.17) is 9.47 Å². The fourth-order valence-electron chi connectivity index (χ4n) is 4.52. The van der Waals surface area contributed by atoms with Crippen molar-refractivity contribution in [3.8, 4) is 0 Å². The van der Waals surface area contributed by atoms with Gasteiger partial charge >= 0.3 is 0 Å². The molecule has 5 atom stereocenters. The molecule has 1 aliphatic heterocycles. The molecule has 2 fully saturated rings. The Kier molecular flexibility index (Phi) is 4.96. The molecule has 4 heteroatoms. The first kappa shape index (κ1) is 17.2. The largest absolute Gasteiger partial charge is 0.390 e. The molecule has 4 nitrogen and oxygen atoms in total. The monoisotopic (exact) mass is 344 g/mol. The second-order valence-electron chi connectivity index (χ2n) is 7.73. The van der Waals surface area contributed by atoms with E-state index >= 15 is 0 Å². The fourth-order valence-corrected chi connectivity index (χ4v) is 4.52. The maximum absolute atomic E-state index is 10.8. The van der Waals surface area contributed by atoms with E-state index in [-0.39, 0.29) is 17.9 Å². The molecular formula is C21H28O4. The molecule has 3 aliphatic rings. The van der Waals surface area contributed by atoms with Crippen molar-refractivity contribution in [3.05, 3.63) is 48.0 Å². The summed E-state index contributed by atoms with van der Waals surface area (Å²) in [4.78, 5) is 0. The van der Waals surface area contributed by atoms with Crippen LogP contribution in [0.2, 0.25) is 0 Å². The summed E-state index contributed by atoms with van der Waals surface area (Å²) in [7, 11) is 0. The maximum atomic E-state index is 10.8. The number of benzene rings is 1. The summed E-state index contributed by atoms with van der Waals surface area (Å²) >= 11 is 0. The average Bonchev–Trinajstić information content (AvgIpc) is 3.30. The lowest BCUT2D eigenvalue weighted by atomic mass is 9.89. The Bertz CT molecular complexity index is 593. The molecule has 0 bridgehead atoms. The van der Waals surface area contributed by atoms with Gasteiger partial charge in [0.15, 0.2) is 5.79 Å². The third-order valence-corrected chi connectivity index (χ3v) is 6.01. The van der Waals surface area contributed by atoms with E-state index in [9.17, 15) is 10.2 Å². The molecule has 2 aliphatic carbocycles. The van der Waals surface area contributed by atoms with Gasteiger partial charge in [-0.05, 0) is 24.8 Å². The summed E-state index contributed by atoms with van der Waals surface area (Å²) in [6, 6.07) is 9.73. The first-order valence-electron chi connectivity index (χ1n) is 9.58. The highest BCUT2D eigenvalue weighted by Gasteiger charge is 2.46. The van der Waals surface area contributed by atoms with Gasteiger partial charge in [0, 0.05) is 24.7 Å². The third kappa shape index (κ3) is 3.54. The summed E-state index contributed by atoms with van der Waals surface area (Å²) < 4.78 is 12.1. The lowest BCUT2D eigenvalue weighted by Crippen LogP contribution is -2.38. The molecule has 4 rings (SSSR count). The van der Waals surface area contributed by atoms with Crippen molar-refractivity contribution in [1.82, 2.24) is 0 Å². The van der Waals surface area contributed by atoms with Crippen LogP contribution in [0, 0.1) is 11.8 Å². The molecular weight excluding hydrogens is 316 g/mol. The van der Waals surface area contributed by atoms with Crippen LogP contribution >= 0.6 is 0 Å². The second-order valence-corrected chi connectivity index (χ2v) is 7.73. The van der Waals surface area contributed by atoms with Gasteiger partial charge in [-0.15, -0.1) is 0 Å². The van der Waals surface area contributed by atoms with Gasteiger partial charge in [-0.2, -0.15) is 0 Å². The summed E-state index contributed by atoms with van der Waals surface area (Å²) in [5, 5.41) is 21.4. The van der Waals surface area contributed by atoms with Gasteiger partial charge in [0.1, 0.15) is 6.10 Å². The Hall–Kier alpha value is -1.20. The third-order valence-electron chi connectivity index (χ3n) is 6.01. The number of aliphatic hydroxyl groups is 2. The van der Waals surface area contributed by atoms with Gasteiger partial charge in [-0.25, -0.2) is 0 Å². The predicted molar refractivity (Wildman–Crippen MR) is 94.8 cm³/mol. The van der Waals surface area contributed by atoms with E-state index in [1.165, 1.54) is 6.42 Å². The zero-order chi connectivity index (χ0) is 17.3. The molecule has 0 radical (unpaired) electrons. The van der Waals surface area contributed by atoms with Crippen LogP contribution in [0.5, 0.6) is 0 Å². The maximum Gasteiger partial charge on any atom is 0.169 e. The lowest BCUT2D eigenvalue weighted by molar-refractivity contribution is -0.197. The Morgan fingerprint density at radius 3 is 2.44 bits per heavy atom. The van der Waals surface area contributed by atoms with Crippen molar-refractivity contribution in [2.45, 2.75) is 62.6 Å². The zero-order valence-electron chi connectivity index (χ0n) is 14.6. The van der Waals surface area contributed by atoms with Gasteiger partial charge in [0.2, 0.25) is 0 Å². The summed E-state index contributed by atoms with van der Waals surface area (Å²) in [6.07, 6.45) is 8.84. The number of aliphatic hydroxyl groups excluding tert-OH is 2. The van der Waals surface area contributed by atoms with Crippen molar-refractivity contribution >= 4 is 0 Å². The average molecular weight is 344 g/mol. The van der Waals surface area contributed by atoms with Crippen LogP contribution < -0.4 is 0 Å². The van der Waals surface area contributed by atoms with Crippen molar-refractivity contribution in [2.24, 2.45) is 11.8 Å². The molecule has 0 amide bonds. The summed E-state index contributed by atoms with van der Waals surface area (Å²) in [6.45, 7) is 0.470. The van der Waals surface area contributed by atoms with Crippen LogP contribution in [0.1, 0.15) is 50.2 Å². The highest BCUT2D eigenvalue weighted by atomic mass is 16.7. The van der Waals surface area contributed by atoms with Gasteiger partial charge in [0.05, 0.1) is 18.8 Å². The number of hydrogen-bond acceptors (Lipinski definition) is 4. The van der Waals surface area contributed by atoms with Gasteiger partial charge in [-0.1, -0.05) is 48.9 Å². The molecule has 136 valence electrons. The topological polar surface area (TPSA) is 58.9 Å². The molecule has 0 aromatic heterocycles. The van der Waals surface area contributed by atoms with E-state index < -0.39 is 18.0 Å². The van der Waals surface area contributed by atoms with Crippen LogP contribution in [-0.4, -0.2) is 34.8 Å². The van der Waals surface area contributed by atoms with Crippen molar-refractivity contribution in [3.63, 3.8) is 0 Å². The Labute approximate surface area is 149 Å². The van der Waals surface area contributed by atoms with Crippen LogP contribution in [-0.2, 0) is 9.47 Å². The lowest BCUT2D eigenvalue weighted by Gasteiger charge is -2.32. The highest BCUT2D eigenvalue weighted by molar-refractivity contribution is 5.21. The van der Waals surface area contributed by atoms with Crippen LogP contribution in [0.3, 0.4) is 0 Å². The predicted octanol–water partition coefficient (Wildman–Crippen LogP) is 3.35. The number of rotatable bonds is 4. The minimum absolute atomic E-state index is 0.00991. The summed E-state index contributed by atoms with van der Waals surface area (Å²) in [5.41, 5.74) is 0.925. The van der Waals surface area contributed by atoms with Gasteiger partial charge in [0.25, 0.3) is 0 Å². The van der Waals surface area contributed by atoms with Crippen LogP contribution in [0.25, 0.3) is 0 Å². The SMILES string of the molecule is O[C@@H]([C@H]1C=C[C@H]([C@H](O)c2ccccc2)C1)[C@H]1COC2(CCCCC2)O1. The van der Waals surface area contributed by atoms with Crippen molar-refractivity contribution in [1.29, 1.82) is 0 Å². The van der Waals surface area contributed by atoms with E-state index in [0.717, 1.165) is 37.7 Å². The molecule has 1 aromatic rings. The Morgan fingerprint density at radius 2 is 1.68 bits per heavy atom. The summed E-state index contributed by atoms with van der Waals surface area (Å²) in [5.74, 6) is -0.404. The van der Waals surface area contributed by atoms with E-state index in [1.807, 2.05) is 42.5 Å².